The van der Waals surface area contributed by atoms with E-state index in [1.54, 1.807) is 6.92 Å². The lowest BCUT2D eigenvalue weighted by Crippen LogP contribution is -2.40. The molecule has 1 amide bonds. The first-order valence-electron chi connectivity index (χ1n) is 3.63. The Hall–Kier alpha value is -1.26. The summed E-state index contributed by atoms with van der Waals surface area (Å²) in [5.41, 5.74) is 0. The largest absolute Gasteiger partial charge is 0.480 e. The molecule has 70 valence electrons. The Labute approximate surface area is 70.9 Å². The summed E-state index contributed by atoms with van der Waals surface area (Å²) in [6.07, 6.45) is -0.618. The molecule has 12 heavy (non-hydrogen) atoms. The van der Waals surface area contributed by atoms with Crippen LogP contribution in [0.1, 0.15) is 13.8 Å². The standard InChI is InChI=1S/C7H13NO4/c1-4-12-7(11)8(3)5(2)6(9)10/h5H,4H2,1-3H3,(H,9,10)/t5-/m0/s1. The second-order valence-electron chi connectivity index (χ2n) is 2.32. The molecule has 1 atom stereocenters. The molecule has 5 heteroatoms. The SMILES string of the molecule is CCOC(=O)N(C)[C@@H](C)C(=O)O. The smallest absolute Gasteiger partial charge is 0.410 e. The average molecular weight is 175 g/mol. The third-order valence-electron chi connectivity index (χ3n) is 1.49. The molecule has 0 aromatic heterocycles. The highest BCUT2D eigenvalue weighted by atomic mass is 16.6. The third kappa shape index (κ3) is 2.77. The van der Waals surface area contributed by atoms with E-state index in [0.29, 0.717) is 0 Å². The minimum absolute atomic E-state index is 0.246. The lowest BCUT2D eigenvalue weighted by Gasteiger charge is -2.20. The van der Waals surface area contributed by atoms with Crippen LogP contribution >= 0.6 is 0 Å². The summed E-state index contributed by atoms with van der Waals surface area (Å²) in [4.78, 5) is 22.4. The minimum Gasteiger partial charge on any atom is -0.480 e. The van der Waals surface area contributed by atoms with Crippen molar-refractivity contribution in [3.8, 4) is 0 Å². The number of carboxylic acids is 1. The molecule has 0 aromatic rings. The lowest BCUT2D eigenvalue weighted by molar-refractivity contribution is -0.141. The molecule has 0 aliphatic heterocycles. The molecule has 0 saturated carbocycles. The van der Waals surface area contributed by atoms with Crippen LogP contribution in [0.4, 0.5) is 4.79 Å². The van der Waals surface area contributed by atoms with Crippen molar-refractivity contribution in [1.29, 1.82) is 0 Å². The van der Waals surface area contributed by atoms with Crippen molar-refractivity contribution in [3.63, 3.8) is 0 Å². The number of nitrogens with zero attached hydrogens (tertiary/aromatic N) is 1. The summed E-state index contributed by atoms with van der Waals surface area (Å²) < 4.78 is 4.60. The molecule has 5 nitrogen and oxygen atoms in total. The zero-order valence-electron chi connectivity index (χ0n) is 7.40. The number of hydrogen-bond acceptors (Lipinski definition) is 3. The van der Waals surface area contributed by atoms with Gasteiger partial charge in [0.1, 0.15) is 6.04 Å². The number of aliphatic carboxylic acids is 1. The number of amides is 1. The van der Waals surface area contributed by atoms with Gasteiger partial charge in [0.2, 0.25) is 0 Å². The van der Waals surface area contributed by atoms with Crippen LogP contribution in [0.15, 0.2) is 0 Å². The second kappa shape index (κ2) is 4.58. The molecular weight excluding hydrogens is 162 g/mol. The number of carbonyl (C=O) groups excluding carboxylic acids is 1. The first-order chi connectivity index (χ1) is 5.50. The highest BCUT2D eigenvalue weighted by Crippen LogP contribution is 1.98. The Morgan fingerprint density at radius 2 is 2.08 bits per heavy atom. The van der Waals surface area contributed by atoms with Gasteiger partial charge in [0.25, 0.3) is 0 Å². The summed E-state index contributed by atoms with van der Waals surface area (Å²) in [6, 6.07) is -0.857. The molecule has 1 N–H and O–H groups in total. The quantitative estimate of drug-likeness (QED) is 0.680. The van der Waals surface area contributed by atoms with Gasteiger partial charge in [-0.1, -0.05) is 0 Å². The lowest BCUT2D eigenvalue weighted by atomic mass is 10.3. The zero-order chi connectivity index (χ0) is 9.72. The summed E-state index contributed by atoms with van der Waals surface area (Å²) in [6.45, 7) is 3.33. The van der Waals surface area contributed by atoms with Gasteiger partial charge in [-0.25, -0.2) is 9.59 Å². The van der Waals surface area contributed by atoms with Crippen LogP contribution in [0.3, 0.4) is 0 Å². The fourth-order valence-corrected chi connectivity index (χ4v) is 0.549. The maximum absolute atomic E-state index is 10.9. The Morgan fingerprint density at radius 1 is 1.58 bits per heavy atom. The van der Waals surface area contributed by atoms with E-state index in [4.69, 9.17) is 5.11 Å². The van der Waals surface area contributed by atoms with Crippen LogP contribution in [0.5, 0.6) is 0 Å². The summed E-state index contributed by atoms with van der Waals surface area (Å²) in [5.74, 6) is -1.05. The first-order valence-corrected chi connectivity index (χ1v) is 3.63. The van der Waals surface area contributed by atoms with Gasteiger partial charge in [-0.2, -0.15) is 0 Å². The van der Waals surface area contributed by atoms with E-state index in [0.717, 1.165) is 4.90 Å². The molecule has 0 aliphatic carbocycles. The maximum Gasteiger partial charge on any atom is 0.410 e. The van der Waals surface area contributed by atoms with Gasteiger partial charge < -0.3 is 9.84 Å². The van der Waals surface area contributed by atoms with E-state index in [9.17, 15) is 9.59 Å². The topological polar surface area (TPSA) is 66.8 Å². The van der Waals surface area contributed by atoms with Gasteiger partial charge in [-0.05, 0) is 13.8 Å². The highest BCUT2D eigenvalue weighted by Gasteiger charge is 2.21. The van der Waals surface area contributed by atoms with E-state index in [1.807, 2.05) is 0 Å². The van der Waals surface area contributed by atoms with Crippen molar-refractivity contribution in [2.75, 3.05) is 13.7 Å². The van der Waals surface area contributed by atoms with Crippen LogP contribution in [-0.2, 0) is 9.53 Å². The molecule has 0 unspecified atom stereocenters. The number of carboxylic acid groups (broad SMARTS) is 1. The summed E-state index contributed by atoms with van der Waals surface area (Å²) in [7, 11) is 1.39. The Balaban J connectivity index is 4.09. The maximum atomic E-state index is 10.9. The Bertz CT molecular complexity index is 180. The normalized spacial score (nSPS) is 11.9. The average Bonchev–Trinajstić information content (AvgIpc) is 2.02. The molecule has 0 spiro atoms. The zero-order valence-corrected chi connectivity index (χ0v) is 7.40. The minimum atomic E-state index is -1.05. The summed E-state index contributed by atoms with van der Waals surface area (Å²) >= 11 is 0. The van der Waals surface area contributed by atoms with Crippen molar-refractivity contribution < 1.29 is 19.4 Å². The van der Waals surface area contributed by atoms with Gasteiger partial charge in [-0.15, -0.1) is 0 Å². The Morgan fingerprint density at radius 3 is 2.42 bits per heavy atom. The van der Waals surface area contributed by atoms with Gasteiger partial charge in [0, 0.05) is 7.05 Å². The number of hydrogen-bond donors (Lipinski definition) is 1. The number of carbonyl (C=O) groups is 2. The van der Waals surface area contributed by atoms with E-state index in [2.05, 4.69) is 4.74 Å². The molecule has 0 radical (unpaired) electrons. The van der Waals surface area contributed by atoms with E-state index >= 15 is 0 Å². The van der Waals surface area contributed by atoms with Gasteiger partial charge in [0.15, 0.2) is 0 Å². The van der Waals surface area contributed by atoms with Crippen LogP contribution in [0, 0.1) is 0 Å². The van der Waals surface area contributed by atoms with Crippen LogP contribution in [-0.4, -0.2) is 41.8 Å². The third-order valence-corrected chi connectivity index (χ3v) is 1.49. The van der Waals surface area contributed by atoms with Gasteiger partial charge in [-0.3, -0.25) is 4.90 Å². The van der Waals surface area contributed by atoms with Crippen LogP contribution < -0.4 is 0 Å². The monoisotopic (exact) mass is 175 g/mol. The molecule has 0 aliphatic rings. The van der Waals surface area contributed by atoms with Crippen molar-refractivity contribution in [2.24, 2.45) is 0 Å². The molecule has 0 rings (SSSR count). The Kier molecular flexibility index (Phi) is 4.10. The van der Waals surface area contributed by atoms with Crippen LogP contribution in [0.2, 0.25) is 0 Å². The molecule has 0 heterocycles. The number of rotatable bonds is 3. The second-order valence-corrected chi connectivity index (χ2v) is 2.32. The number of likely N-dealkylation sites (N-methyl/N-ethyl adjacent to an activating group) is 1. The molecule has 0 bridgehead atoms. The summed E-state index contributed by atoms with van der Waals surface area (Å²) in [5, 5.41) is 8.52. The van der Waals surface area contributed by atoms with Crippen molar-refractivity contribution in [3.05, 3.63) is 0 Å². The predicted octanol–water partition coefficient (Wildman–Crippen LogP) is 0.548. The molecular formula is C7H13NO4. The molecule has 0 saturated heterocycles. The van der Waals surface area contributed by atoms with Crippen LogP contribution in [0.25, 0.3) is 0 Å². The number of ether oxygens (including phenoxy) is 1. The first kappa shape index (κ1) is 10.7. The van der Waals surface area contributed by atoms with E-state index < -0.39 is 18.1 Å². The fourth-order valence-electron chi connectivity index (χ4n) is 0.549. The van der Waals surface area contributed by atoms with E-state index in [1.165, 1.54) is 14.0 Å². The molecule has 0 aromatic carbocycles. The van der Waals surface area contributed by atoms with Crippen molar-refractivity contribution >= 4 is 12.1 Å². The van der Waals surface area contributed by atoms with Gasteiger partial charge in [0.05, 0.1) is 6.61 Å². The fraction of sp³-hybridized carbons (Fsp3) is 0.714. The van der Waals surface area contributed by atoms with Crippen molar-refractivity contribution in [1.82, 2.24) is 4.90 Å². The van der Waals surface area contributed by atoms with Gasteiger partial charge >= 0.3 is 12.1 Å². The van der Waals surface area contributed by atoms with Crippen molar-refractivity contribution in [2.45, 2.75) is 19.9 Å². The predicted molar refractivity (Wildman–Crippen MR) is 41.9 cm³/mol. The highest BCUT2D eigenvalue weighted by molar-refractivity contribution is 5.79. The molecule has 0 fully saturated rings. The van der Waals surface area contributed by atoms with E-state index in [-0.39, 0.29) is 6.61 Å².